The third kappa shape index (κ3) is 4.97. The van der Waals surface area contributed by atoms with Crippen molar-refractivity contribution in [1.29, 1.82) is 0 Å². The molecule has 0 bridgehead atoms. The molecule has 0 saturated carbocycles. The summed E-state index contributed by atoms with van der Waals surface area (Å²) in [6.07, 6.45) is 0. The summed E-state index contributed by atoms with van der Waals surface area (Å²) in [4.78, 5) is 20.8. The second-order valence-electron chi connectivity index (χ2n) is 2.03. The summed E-state index contributed by atoms with van der Waals surface area (Å²) in [5.74, 6) is -3.32. The van der Waals surface area contributed by atoms with Gasteiger partial charge in [0.15, 0.2) is 0 Å². The van der Waals surface area contributed by atoms with Crippen molar-refractivity contribution in [1.82, 2.24) is 0 Å². The molecule has 1 aromatic rings. The summed E-state index contributed by atoms with van der Waals surface area (Å²) < 4.78 is 7.12. The predicted molar refractivity (Wildman–Crippen MR) is 35.1 cm³/mol. The molecule has 1 aromatic carbocycles. The zero-order valence-electron chi connectivity index (χ0n) is 8.87. The topological polar surface area (TPSA) is 80.3 Å². The predicted octanol–water partition coefficient (Wildman–Crippen LogP) is -7.58. The Morgan fingerprint density at radius 3 is 1.93 bits per heavy atom. The van der Waals surface area contributed by atoms with Gasteiger partial charge >= 0.3 is 103 Å². The Morgan fingerprint density at radius 1 is 1.07 bits per heavy atom. The number of benzene rings is 1. The fraction of sp³-hybridized carbons (Fsp3) is 0. The maximum Gasteiger partial charge on any atom is 1.00 e. The molecule has 0 saturated heterocycles. The van der Waals surface area contributed by atoms with Crippen molar-refractivity contribution >= 4 is 11.9 Å². The van der Waals surface area contributed by atoms with E-state index >= 15 is 0 Å². The van der Waals surface area contributed by atoms with Gasteiger partial charge in [-0.05, 0) is 0 Å². The molecule has 0 spiro atoms. The van der Waals surface area contributed by atoms with Gasteiger partial charge < -0.3 is 19.8 Å². The van der Waals surface area contributed by atoms with E-state index in [9.17, 15) is 19.8 Å². The fourth-order valence-electron chi connectivity index (χ4n) is 0.776. The molecule has 0 aliphatic heterocycles. The van der Waals surface area contributed by atoms with Crippen molar-refractivity contribution in [2.24, 2.45) is 0 Å². The zero-order valence-corrected chi connectivity index (χ0v) is 14.1. The van der Waals surface area contributed by atoms with E-state index in [1.807, 2.05) is 0 Å². The van der Waals surface area contributed by atoms with Crippen molar-refractivity contribution in [3.05, 3.63) is 35.4 Å². The number of carbonyl (C=O) groups is 2. The number of aromatic carboxylic acids is 2. The molecule has 0 atom stereocenters. The van der Waals surface area contributed by atoms with Gasteiger partial charge in [-0.25, -0.2) is 0 Å². The maximum absolute atomic E-state index is 10.4. The Morgan fingerprint density at radius 2 is 1.57 bits per heavy atom. The number of carboxylic acids is 2. The van der Waals surface area contributed by atoms with Crippen LogP contribution in [0, 0.1) is 0 Å². The van der Waals surface area contributed by atoms with E-state index in [0.717, 1.165) is 12.1 Å². The Bertz CT molecular complexity index is 381. The van der Waals surface area contributed by atoms with E-state index in [-0.39, 0.29) is 103 Å². The first kappa shape index (κ1) is 15.4. The molecule has 0 aliphatic rings. The quantitative estimate of drug-likeness (QED) is 0.483. The molecule has 0 amide bonds. The third-order valence-electron chi connectivity index (χ3n) is 1.28. The van der Waals surface area contributed by atoms with Crippen molar-refractivity contribution in [2.45, 2.75) is 0 Å². The van der Waals surface area contributed by atoms with E-state index in [4.69, 9.17) is 1.37 Å². The summed E-state index contributed by atoms with van der Waals surface area (Å²) in [6, 6.07) is 3.08. The largest absolute Gasteiger partial charge is 1.00 e. The number of hydrogen-bond donors (Lipinski definition) is 0. The van der Waals surface area contributed by atoms with Gasteiger partial charge in [-0.3, -0.25) is 0 Å². The molecule has 0 heterocycles. The average molecular weight is 243 g/mol. The zero-order chi connectivity index (χ0) is 10.0. The van der Waals surface area contributed by atoms with Gasteiger partial charge in [0.05, 0.1) is 13.3 Å². The van der Waals surface area contributed by atoms with Gasteiger partial charge in [-0.2, -0.15) is 0 Å². The summed E-state index contributed by atoms with van der Waals surface area (Å²) in [7, 11) is 0. The molecular weight excluding hydrogens is 238 g/mol. The molecule has 0 aliphatic carbocycles. The number of carbonyl (C=O) groups excluding carboxylic acids is 2. The van der Waals surface area contributed by atoms with Crippen LogP contribution in [0.15, 0.2) is 24.2 Å². The smallest absolute Gasteiger partial charge is 0.545 e. The van der Waals surface area contributed by atoms with Crippen LogP contribution in [0.2, 0.25) is 0 Å². The standard InChI is InChI=1S/C8H6O4.2K/c9-7(10)5-3-1-2-4-6(5)8(11)12;;/h1-4H,(H,9,10)(H,11,12);;/q;2*+1/p-2/i3D;;. The monoisotopic (exact) mass is 243 g/mol. The van der Waals surface area contributed by atoms with E-state index in [2.05, 4.69) is 0 Å². The van der Waals surface area contributed by atoms with Crippen LogP contribution >= 0.6 is 0 Å². The van der Waals surface area contributed by atoms with E-state index in [0.29, 0.717) is 0 Å². The molecule has 14 heavy (non-hydrogen) atoms. The maximum atomic E-state index is 10.4. The van der Waals surface area contributed by atoms with Gasteiger partial charge in [-0.1, -0.05) is 24.2 Å². The van der Waals surface area contributed by atoms with Gasteiger partial charge in [0.25, 0.3) is 0 Å². The van der Waals surface area contributed by atoms with E-state index in [1.165, 1.54) is 6.07 Å². The van der Waals surface area contributed by atoms with Crippen molar-refractivity contribution in [2.75, 3.05) is 0 Å². The number of rotatable bonds is 2. The minimum atomic E-state index is -1.69. The van der Waals surface area contributed by atoms with Crippen LogP contribution in [0.4, 0.5) is 0 Å². The summed E-state index contributed by atoms with van der Waals surface area (Å²) in [5.41, 5.74) is -1.19. The van der Waals surface area contributed by atoms with Crippen LogP contribution in [-0.4, -0.2) is 11.9 Å². The van der Waals surface area contributed by atoms with Gasteiger partial charge in [0.2, 0.25) is 0 Å². The Hall–Kier alpha value is 1.43. The molecule has 6 heteroatoms. The van der Waals surface area contributed by atoms with Crippen molar-refractivity contribution in [3.63, 3.8) is 0 Å². The second kappa shape index (κ2) is 8.57. The summed E-state index contributed by atoms with van der Waals surface area (Å²) >= 11 is 0. The average Bonchev–Trinajstić information content (AvgIpc) is 2.02. The number of carboxylic acid groups (broad SMARTS) is 2. The summed E-state index contributed by atoms with van der Waals surface area (Å²) in [6.45, 7) is 0. The van der Waals surface area contributed by atoms with E-state index < -0.39 is 29.1 Å². The molecule has 0 N–H and O–H groups in total. The van der Waals surface area contributed by atoms with Crippen LogP contribution in [0.25, 0.3) is 0 Å². The van der Waals surface area contributed by atoms with Crippen LogP contribution in [0.3, 0.4) is 0 Å². The van der Waals surface area contributed by atoms with E-state index in [1.54, 1.807) is 0 Å². The Balaban J connectivity index is 0. The molecule has 62 valence electrons. The fourth-order valence-corrected chi connectivity index (χ4v) is 0.776. The first-order valence-electron chi connectivity index (χ1n) is 3.56. The minimum Gasteiger partial charge on any atom is -0.545 e. The van der Waals surface area contributed by atoms with Crippen molar-refractivity contribution < 1.29 is 124 Å². The van der Waals surface area contributed by atoms with Crippen LogP contribution < -0.4 is 113 Å². The Labute approximate surface area is 167 Å². The van der Waals surface area contributed by atoms with Gasteiger partial charge in [0.1, 0.15) is 0 Å². The van der Waals surface area contributed by atoms with Gasteiger partial charge in [0, 0.05) is 11.1 Å². The first-order chi connectivity index (χ1) is 6.04. The third-order valence-corrected chi connectivity index (χ3v) is 1.28. The molecular formula is C8H4K2O4. The molecule has 4 nitrogen and oxygen atoms in total. The van der Waals surface area contributed by atoms with Crippen LogP contribution in [0.1, 0.15) is 22.1 Å². The molecule has 0 radical (unpaired) electrons. The van der Waals surface area contributed by atoms with Gasteiger partial charge in [-0.15, -0.1) is 0 Å². The normalized spacial score (nSPS) is 9.00. The Kier molecular flexibility index (Phi) is 9.45. The van der Waals surface area contributed by atoms with Crippen LogP contribution in [-0.2, 0) is 0 Å². The molecule has 0 unspecified atom stereocenters. The summed E-state index contributed by atoms with van der Waals surface area (Å²) in [5, 5.41) is 20.8. The number of hydrogen-bond acceptors (Lipinski definition) is 4. The van der Waals surface area contributed by atoms with Crippen molar-refractivity contribution in [3.8, 4) is 0 Å². The first-order valence-corrected chi connectivity index (χ1v) is 3.06. The molecule has 0 aromatic heterocycles. The molecule has 1 rings (SSSR count). The van der Waals surface area contributed by atoms with Crippen LogP contribution in [0.5, 0.6) is 0 Å². The SMILES string of the molecule is [2H]c1cccc(C(=O)[O-])c1C(=O)[O-].[K+].[K+]. The molecule has 0 fully saturated rings. The minimum absolute atomic E-state index is 0. The second-order valence-corrected chi connectivity index (χ2v) is 2.03.